The Kier molecular flexibility index (Phi) is 4.68. The second kappa shape index (κ2) is 7.03. The van der Waals surface area contributed by atoms with Crippen molar-refractivity contribution in [3.8, 4) is 0 Å². The van der Waals surface area contributed by atoms with Crippen LogP contribution >= 0.6 is 0 Å². The summed E-state index contributed by atoms with van der Waals surface area (Å²) in [6.45, 7) is 5.09. The molecule has 0 saturated carbocycles. The number of hydrogen-bond acceptors (Lipinski definition) is 5. The van der Waals surface area contributed by atoms with E-state index in [1.165, 1.54) is 10.7 Å². The van der Waals surface area contributed by atoms with E-state index in [1.807, 2.05) is 19.9 Å². The van der Waals surface area contributed by atoms with Crippen LogP contribution in [0, 0.1) is 13.8 Å². The van der Waals surface area contributed by atoms with E-state index in [1.54, 1.807) is 35.2 Å². The number of sulfonamides is 1. The van der Waals surface area contributed by atoms with Gasteiger partial charge in [0.1, 0.15) is 5.52 Å². The van der Waals surface area contributed by atoms with Crippen LogP contribution in [0.25, 0.3) is 11.1 Å². The van der Waals surface area contributed by atoms with Gasteiger partial charge in [-0.2, -0.15) is 4.31 Å². The van der Waals surface area contributed by atoms with Gasteiger partial charge < -0.3 is 9.32 Å². The Labute approximate surface area is 163 Å². The van der Waals surface area contributed by atoms with Gasteiger partial charge in [0, 0.05) is 31.7 Å². The van der Waals surface area contributed by atoms with E-state index in [9.17, 15) is 13.2 Å². The first-order valence-corrected chi connectivity index (χ1v) is 10.5. The number of rotatable bonds is 3. The molecule has 28 heavy (non-hydrogen) atoms. The summed E-state index contributed by atoms with van der Waals surface area (Å²) in [5.41, 5.74) is 3.77. The van der Waals surface area contributed by atoms with E-state index in [4.69, 9.17) is 4.42 Å². The monoisotopic (exact) mass is 399 g/mol. The predicted octanol–water partition coefficient (Wildman–Crippen LogP) is 2.59. The van der Waals surface area contributed by atoms with Crippen LogP contribution in [-0.2, 0) is 10.0 Å². The summed E-state index contributed by atoms with van der Waals surface area (Å²) >= 11 is 0. The summed E-state index contributed by atoms with van der Waals surface area (Å²) in [6.07, 6.45) is 1.34. The molecule has 1 amide bonds. The molecule has 0 N–H and O–H groups in total. The lowest BCUT2D eigenvalue weighted by atomic mass is 10.1. The largest absolute Gasteiger partial charge is 0.443 e. The quantitative estimate of drug-likeness (QED) is 0.676. The van der Waals surface area contributed by atoms with Crippen molar-refractivity contribution in [2.45, 2.75) is 18.7 Å². The number of piperazine rings is 1. The molecule has 0 radical (unpaired) electrons. The van der Waals surface area contributed by atoms with Gasteiger partial charge in [-0.25, -0.2) is 13.4 Å². The minimum atomic E-state index is -3.56. The van der Waals surface area contributed by atoms with Crippen molar-refractivity contribution in [3.05, 3.63) is 59.5 Å². The van der Waals surface area contributed by atoms with Crippen LogP contribution in [0.1, 0.15) is 21.5 Å². The summed E-state index contributed by atoms with van der Waals surface area (Å²) in [7, 11) is -3.56. The molecule has 8 heteroatoms. The SMILES string of the molecule is Cc1ccc(S(=O)(=O)N2CCN(C(=O)c3ccc4ocnc4c3)CC2)cc1C. The fourth-order valence-corrected chi connectivity index (χ4v) is 4.84. The molecule has 0 unspecified atom stereocenters. The fourth-order valence-electron chi connectivity index (χ4n) is 3.33. The van der Waals surface area contributed by atoms with Crippen LogP contribution in [0.3, 0.4) is 0 Å². The molecule has 1 saturated heterocycles. The first kappa shape index (κ1) is 18.6. The number of aryl methyl sites for hydroxylation is 2. The predicted molar refractivity (Wildman–Crippen MR) is 105 cm³/mol. The number of amides is 1. The fraction of sp³-hybridized carbons (Fsp3) is 0.300. The molecular weight excluding hydrogens is 378 g/mol. The third-order valence-corrected chi connectivity index (χ3v) is 7.11. The smallest absolute Gasteiger partial charge is 0.254 e. The van der Waals surface area contributed by atoms with Crippen molar-refractivity contribution in [2.75, 3.05) is 26.2 Å². The van der Waals surface area contributed by atoms with Gasteiger partial charge in [-0.3, -0.25) is 4.79 Å². The Morgan fingerprint density at radius 3 is 2.46 bits per heavy atom. The van der Waals surface area contributed by atoms with E-state index < -0.39 is 10.0 Å². The molecule has 1 fully saturated rings. The van der Waals surface area contributed by atoms with E-state index >= 15 is 0 Å². The molecule has 0 spiro atoms. The molecule has 1 aliphatic heterocycles. The summed E-state index contributed by atoms with van der Waals surface area (Å²) in [5, 5.41) is 0. The van der Waals surface area contributed by atoms with Crippen molar-refractivity contribution in [1.29, 1.82) is 0 Å². The lowest BCUT2D eigenvalue weighted by molar-refractivity contribution is 0.0698. The molecule has 1 aromatic heterocycles. The number of oxazole rings is 1. The first-order valence-electron chi connectivity index (χ1n) is 9.06. The number of benzene rings is 2. The minimum Gasteiger partial charge on any atom is -0.443 e. The summed E-state index contributed by atoms with van der Waals surface area (Å²) in [5.74, 6) is -0.131. The van der Waals surface area contributed by atoms with Crippen LogP contribution in [0.15, 0.2) is 52.1 Å². The third kappa shape index (κ3) is 3.29. The molecule has 146 valence electrons. The number of carbonyl (C=O) groups is 1. The Balaban J connectivity index is 1.47. The molecule has 7 nitrogen and oxygen atoms in total. The molecule has 2 aromatic carbocycles. The summed E-state index contributed by atoms with van der Waals surface area (Å²) < 4.78 is 32.5. The first-order chi connectivity index (χ1) is 13.4. The molecule has 4 rings (SSSR count). The van der Waals surface area contributed by atoms with Crippen LogP contribution in [0.2, 0.25) is 0 Å². The van der Waals surface area contributed by atoms with Crippen LogP contribution in [0.4, 0.5) is 0 Å². The van der Waals surface area contributed by atoms with E-state index in [0.29, 0.717) is 34.6 Å². The number of aromatic nitrogens is 1. The summed E-state index contributed by atoms with van der Waals surface area (Å²) in [4.78, 5) is 18.8. The standard InChI is InChI=1S/C20H21N3O4S/c1-14-3-5-17(11-15(14)2)28(25,26)23-9-7-22(8-10-23)20(24)16-4-6-19-18(12-16)21-13-27-19/h3-6,11-13H,7-10H2,1-2H3. The van der Waals surface area contributed by atoms with Crippen LogP contribution < -0.4 is 0 Å². The van der Waals surface area contributed by atoms with Crippen molar-refractivity contribution in [2.24, 2.45) is 0 Å². The molecule has 3 aromatic rings. The highest BCUT2D eigenvalue weighted by molar-refractivity contribution is 7.89. The van der Waals surface area contributed by atoms with Gasteiger partial charge in [0.15, 0.2) is 12.0 Å². The second-order valence-corrected chi connectivity index (χ2v) is 8.92. The van der Waals surface area contributed by atoms with E-state index in [-0.39, 0.29) is 19.0 Å². The highest BCUT2D eigenvalue weighted by Crippen LogP contribution is 2.22. The molecule has 0 bridgehead atoms. The molecule has 1 aliphatic rings. The summed E-state index contributed by atoms with van der Waals surface area (Å²) in [6, 6.07) is 10.3. The topological polar surface area (TPSA) is 83.7 Å². The Morgan fingerprint density at radius 1 is 1.00 bits per heavy atom. The zero-order valence-corrected chi connectivity index (χ0v) is 16.6. The zero-order chi connectivity index (χ0) is 19.9. The van der Waals surface area contributed by atoms with Gasteiger partial charge in [0.2, 0.25) is 10.0 Å². The molecule has 2 heterocycles. The Morgan fingerprint density at radius 2 is 1.75 bits per heavy atom. The third-order valence-electron chi connectivity index (χ3n) is 5.22. The van der Waals surface area contributed by atoms with Crippen molar-refractivity contribution in [3.63, 3.8) is 0 Å². The van der Waals surface area contributed by atoms with Gasteiger partial charge in [0.25, 0.3) is 5.91 Å². The van der Waals surface area contributed by atoms with Gasteiger partial charge >= 0.3 is 0 Å². The number of carbonyl (C=O) groups excluding carboxylic acids is 1. The van der Waals surface area contributed by atoms with Crippen molar-refractivity contribution >= 4 is 27.0 Å². The maximum Gasteiger partial charge on any atom is 0.254 e. The van der Waals surface area contributed by atoms with E-state index in [2.05, 4.69) is 4.98 Å². The maximum absolute atomic E-state index is 12.9. The lowest BCUT2D eigenvalue weighted by Crippen LogP contribution is -2.50. The van der Waals surface area contributed by atoms with Crippen molar-refractivity contribution < 1.29 is 17.6 Å². The number of nitrogens with zero attached hydrogens (tertiary/aromatic N) is 3. The van der Waals surface area contributed by atoms with Gasteiger partial charge in [-0.05, 0) is 55.3 Å². The second-order valence-electron chi connectivity index (χ2n) is 6.98. The number of hydrogen-bond donors (Lipinski definition) is 0. The zero-order valence-electron chi connectivity index (χ0n) is 15.8. The molecule has 0 aliphatic carbocycles. The van der Waals surface area contributed by atoms with Gasteiger partial charge in [0.05, 0.1) is 4.90 Å². The van der Waals surface area contributed by atoms with Gasteiger partial charge in [-0.1, -0.05) is 6.07 Å². The van der Waals surface area contributed by atoms with E-state index in [0.717, 1.165) is 11.1 Å². The Bertz CT molecular complexity index is 1150. The normalized spacial score (nSPS) is 15.9. The molecular formula is C20H21N3O4S. The lowest BCUT2D eigenvalue weighted by Gasteiger charge is -2.34. The van der Waals surface area contributed by atoms with Gasteiger partial charge in [-0.15, -0.1) is 0 Å². The maximum atomic E-state index is 12.9. The van der Waals surface area contributed by atoms with Crippen LogP contribution in [0.5, 0.6) is 0 Å². The molecule has 0 atom stereocenters. The van der Waals surface area contributed by atoms with Crippen molar-refractivity contribution in [1.82, 2.24) is 14.2 Å². The average Bonchev–Trinajstić information content (AvgIpc) is 3.17. The number of fused-ring (bicyclic) bond motifs is 1. The highest BCUT2D eigenvalue weighted by Gasteiger charge is 2.30. The average molecular weight is 399 g/mol. The van der Waals surface area contributed by atoms with Crippen LogP contribution in [-0.4, -0.2) is 54.7 Å². The highest BCUT2D eigenvalue weighted by atomic mass is 32.2. The Hall–Kier alpha value is -2.71. The minimum absolute atomic E-state index is 0.131.